The van der Waals surface area contributed by atoms with Gasteiger partial charge in [0.05, 0.1) is 28.0 Å². The Morgan fingerprint density at radius 2 is 0.616 bits per heavy atom. The van der Waals surface area contributed by atoms with Crippen LogP contribution >= 0.6 is 0 Å². The summed E-state index contributed by atoms with van der Waals surface area (Å²) < 4.78 is 0. The Hall–Kier alpha value is -9.30. The second-order valence-electron chi connectivity index (χ2n) is 17.6. The van der Waals surface area contributed by atoms with E-state index >= 15 is 0 Å². The Labute approximate surface area is 434 Å². The molecule has 346 valence electrons. The van der Waals surface area contributed by atoms with Crippen molar-refractivity contribution in [1.29, 1.82) is 0 Å². The van der Waals surface area contributed by atoms with Crippen molar-refractivity contribution in [2.75, 3.05) is 0 Å². The number of aromatic nitrogens is 7. The van der Waals surface area contributed by atoms with Crippen molar-refractivity contribution in [2.45, 2.75) is 0 Å². The maximum Gasteiger partial charge on any atom is 0.254 e. The number of rotatable bonds is 8. The second kappa shape index (κ2) is 19.5. The van der Waals surface area contributed by atoms with Crippen LogP contribution < -0.4 is 0 Å². The van der Waals surface area contributed by atoms with E-state index in [2.05, 4.69) is 210 Å². The average Bonchev–Trinajstić information content (AvgIpc) is 4.27. The topological polar surface area (TPSA) is 108 Å². The molecule has 0 fully saturated rings. The van der Waals surface area contributed by atoms with E-state index in [0.717, 1.165) is 106 Å². The molecule has 0 aliphatic carbocycles. The maximum absolute atomic E-state index is 6.01. The molecular formula is C64H42N8Ru. The third kappa shape index (κ3) is 8.22. The summed E-state index contributed by atoms with van der Waals surface area (Å²) in [6.07, 6.45) is 0. The molecule has 2 aliphatic heterocycles. The molecule has 5 heterocycles. The van der Waals surface area contributed by atoms with E-state index in [1.165, 1.54) is 0 Å². The summed E-state index contributed by atoms with van der Waals surface area (Å²) in [7, 11) is 0. The van der Waals surface area contributed by atoms with Crippen LogP contribution in [-0.2, 0) is 19.5 Å². The summed E-state index contributed by atoms with van der Waals surface area (Å²) in [5, 5.41) is 9.57. The quantitative estimate of drug-likeness (QED) is 0.147. The summed E-state index contributed by atoms with van der Waals surface area (Å²) >= 11 is 0. The number of nitrogens with zero attached hydrogens (tertiary/aromatic N) is 6. The van der Waals surface area contributed by atoms with Crippen molar-refractivity contribution in [3.63, 3.8) is 0 Å². The standard InChI is InChI=1S/C64H42N8.Ru/c1-9-25-41(26-10-1)49-50(42-27-11-2-12-28-42)59-54(46-35-19-6-20-36-46)61-56(48-39-23-8-24-40-48)67-63(68-61)70-64-69-62(71-72-64)55(47-37-21-7-22-38-47)60-52(44-31-15-4-16-32-44)51(43-29-13-3-14-30-43)58(66-60)53(57(49)65-59)45-33-17-5-18-34-45;/h1-40,65H,(H,67,68,69,70,71,72);. The summed E-state index contributed by atoms with van der Waals surface area (Å²) in [6, 6.07) is 84.1. The molecule has 0 unspecified atom stereocenters. The first-order valence-electron chi connectivity index (χ1n) is 24.0. The van der Waals surface area contributed by atoms with Gasteiger partial charge in [-0.3, -0.25) is 0 Å². The second-order valence-corrected chi connectivity index (χ2v) is 17.6. The van der Waals surface area contributed by atoms with Crippen molar-refractivity contribution < 1.29 is 19.5 Å². The molecule has 73 heavy (non-hydrogen) atoms. The van der Waals surface area contributed by atoms with Crippen molar-refractivity contribution in [2.24, 2.45) is 4.99 Å². The number of benzene rings is 8. The van der Waals surface area contributed by atoms with Crippen LogP contribution in [0, 0.1) is 0 Å². The van der Waals surface area contributed by atoms with Crippen molar-refractivity contribution in [3.05, 3.63) is 276 Å². The molecule has 13 rings (SSSR count). The fourth-order valence-electron chi connectivity index (χ4n) is 10.1. The van der Waals surface area contributed by atoms with E-state index < -0.39 is 0 Å². The zero-order valence-corrected chi connectivity index (χ0v) is 40.9. The molecule has 8 bridgehead atoms. The van der Waals surface area contributed by atoms with Crippen molar-refractivity contribution in [3.8, 4) is 55.6 Å². The predicted molar refractivity (Wildman–Crippen MR) is 291 cm³/mol. The summed E-state index contributed by atoms with van der Waals surface area (Å²) in [5.74, 6) is 0.501. The van der Waals surface area contributed by atoms with Crippen LogP contribution in [0.5, 0.6) is 0 Å². The maximum atomic E-state index is 6.01. The van der Waals surface area contributed by atoms with Gasteiger partial charge in [-0.2, -0.15) is 4.98 Å². The average molecular weight is 1020 g/mol. The SMILES string of the molecule is [Ru].c1ccc(C2=Nc3nc2c(-c2ccccc2)c2[nH]c(c(-c4ccccc4)c4nc(c(-c5ccccc5)c5nnc(n3)[nH]5)C(c3ccccc3)=C4c3ccccc3)c(-c3ccccc3)c2-c2ccccc2)cc1. The Balaban J connectivity index is 0.00000543. The van der Waals surface area contributed by atoms with Gasteiger partial charge in [-0.1, -0.05) is 243 Å². The zero-order valence-electron chi connectivity index (χ0n) is 39.1. The third-order valence-electron chi connectivity index (χ3n) is 13.2. The van der Waals surface area contributed by atoms with Crippen LogP contribution in [0.25, 0.3) is 89.2 Å². The first-order valence-corrected chi connectivity index (χ1v) is 24.0. The van der Waals surface area contributed by atoms with Gasteiger partial charge in [0, 0.05) is 58.4 Å². The normalized spacial score (nSPS) is 12.0. The molecule has 11 aromatic rings. The monoisotopic (exact) mass is 1020 g/mol. The van der Waals surface area contributed by atoms with Gasteiger partial charge < -0.3 is 9.97 Å². The van der Waals surface area contributed by atoms with Crippen LogP contribution in [0.15, 0.2) is 248 Å². The fraction of sp³-hybridized carbons (Fsp3) is 0. The van der Waals surface area contributed by atoms with Crippen LogP contribution in [-0.4, -0.2) is 40.8 Å². The van der Waals surface area contributed by atoms with Crippen molar-refractivity contribution >= 4 is 45.3 Å². The van der Waals surface area contributed by atoms with Crippen LogP contribution in [0.1, 0.15) is 33.8 Å². The molecule has 9 heteroatoms. The number of nitrogens with one attached hydrogen (secondary N) is 2. The number of hydrogen-bond acceptors (Lipinski definition) is 6. The van der Waals surface area contributed by atoms with E-state index in [-0.39, 0.29) is 31.2 Å². The minimum absolute atomic E-state index is 0. The fourth-order valence-corrected chi connectivity index (χ4v) is 10.1. The summed E-state index contributed by atoms with van der Waals surface area (Å²) in [5.41, 5.74) is 19.4. The van der Waals surface area contributed by atoms with Gasteiger partial charge in [0.2, 0.25) is 0 Å². The van der Waals surface area contributed by atoms with Gasteiger partial charge in [-0.15, -0.1) is 10.2 Å². The Morgan fingerprint density at radius 1 is 0.274 bits per heavy atom. The third-order valence-corrected chi connectivity index (χ3v) is 13.2. The van der Waals surface area contributed by atoms with Crippen LogP contribution in [0.2, 0.25) is 0 Å². The van der Waals surface area contributed by atoms with E-state index in [0.29, 0.717) is 17.1 Å². The Kier molecular flexibility index (Phi) is 12.0. The molecule has 0 atom stereocenters. The molecular weight excluding hydrogens is 982 g/mol. The minimum atomic E-state index is 0. The molecule has 0 saturated carbocycles. The number of aliphatic imine (C=N–C) groups is 1. The van der Waals surface area contributed by atoms with E-state index in [1.54, 1.807) is 0 Å². The molecule has 8 aromatic carbocycles. The van der Waals surface area contributed by atoms with Gasteiger partial charge in [-0.25, -0.2) is 15.0 Å². The van der Waals surface area contributed by atoms with E-state index in [4.69, 9.17) is 30.1 Å². The Bertz CT molecular complexity index is 4030. The minimum Gasteiger partial charge on any atom is -0.353 e. The van der Waals surface area contributed by atoms with Gasteiger partial charge in [0.25, 0.3) is 11.7 Å². The smallest absolute Gasteiger partial charge is 0.254 e. The van der Waals surface area contributed by atoms with Crippen molar-refractivity contribution in [1.82, 2.24) is 35.1 Å². The molecule has 0 spiro atoms. The first-order chi connectivity index (χ1) is 35.7. The molecule has 0 amide bonds. The molecule has 2 N–H and O–H groups in total. The molecule has 0 radical (unpaired) electrons. The molecule has 8 nitrogen and oxygen atoms in total. The number of fused-ring (bicyclic) bond motifs is 8. The van der Waals surface area contributed by atoms with Gasteiger partial charge in [0.1, 0.15) is 11.4 Å². The van der Waals surface area contributed by atoms with Crippen LogP contribution in [0.4, 0.5) is 5.95 Å². The number of H-pyrrole nitrogens is 2. The predicted octanol–water partition coefficient (Wildman–Crippen LogP) is 15.0. The first kappa shape index (κ1) is 44.9. The van der Waals surface area contributed by atoms with E-state index in [1.807, 2.05) is 42.5 Å². The van der Waals surface area contributed by atoms with Gasteiger partial charge >= 0.3 is 0 Å². The van der Waals surface area contributed by atoms with E-state index in [9.17, 15) is 0 Å². The van der Waals surface area contributed by atoms with Crippen LogP contribution in [0.3, 0.4) is 0 Å². The molecule has 2 aliphatic rings. The Morgan fingerprint density at radius 3 is 1.04 bits per heavy atom. The zero-order chi connectivity index (χ0) is 47.8. The molecule has 0 saturated heterocycles. The van der Waals surface area contributed by atoms with Gasteiger partial charge in [-0.05, 0) is 38.9 Å². The number of aromatic amines is 2. The largest absolute Gasteiger partial charge is 0.353 e. The number of hydrogen-bond donors (Lipinski definition) is 2. The summed E-state index contributed by atoms with van der Waals surface area (Å²) in [4.78, 5) is 29.5. The summed E-state index contributed by atoms with van der Waals surface area (Å²) in [6.45, 7) is 0. The molecule has 3 aromatic heterocycles. The van der Waals surface area contributed by atoms with Gasteiger partial charge in [0.15, 0.2) is 5.65 Å².